The molecule has 0 aliphatic heterocycles. The topological polar surface area (TPSA) is 0 Å². The Labute approximate surface area is 94.1 Å². The Morgan fingerprint density at radius 3 is 2.73 bits per heavy atom. The Morgan fingerprint density at radius 2 is 2.00 bits per heavy atom. The Morgan fingerprint density at radius 1 is 1.27 bits per heavy atom. The first kappa shape index (κ1) is 9.93. The second kappa shape index (κ2) is 2.70. The summed E-state index contributed by atoms with van der Waals surface area (Å²) < 4.78 is 0. The predicted molar refractivity (Wildman–Crippen MR) is 64.6 cm³/mol. The molecule has 4 atom stereocenters. The van der Waals surface area contributed by atoms with Gasteiger partial charge in [-0.25, -0.2) is 0 Å². The van der Waals surface area contributed by atoms with Crippen molar-refractivity contribution in [3.8, 4) is 0 Å². The van der Waals surface area contributed by atoms with Crippen molar-refractivity contribution in [2.45, 2.75) is 53.4 Å². The summed E-state index contributed by atoms with van der Waals surface area (Å²) in [7, 11) is 0. The van der Waals surface area contributed by atoms with Crippen molar-refractivity contribution in [3.63, 3.8) is 0 Å². The lowest BCUT2D eigenvalue weighted by atomic mass is 9.67. The zero-order chi connectivity index (χ0) is 10.8. The minimum absolute atomic E-state index is 0.593. The van der Waals surface area contributed by atoms with Crippen LogP contribution in [0.25, 0.3) is 0 Å². The van der Waals surface area contributed by atoms with E-state index in [1.807, 2.05) is 0 Å². The van der Waals surface area contributed by atoms with Crippen LogP contribution in [-0.4, -0.2) is 0 Å². The van der Waals surface area contributed by atoms with Gasteiger partial charge in [0.25, 0.3) is 0 Å². The van der Waals surface area contributed by atoms with Crippen LogP contribution in [0.1, 0.15) is 53.4 Å². The smallest absolute Gasteiger partial charge is 0.0169 e. The van der Waals surface area contributed by atoms with E-state index in [0.29, 0.717) is 10.8 Å². The second-order valence-electron chi connectivity index (χ2n) is 7.28. The molecule has 0 heteroatoms. The summed E-state index contributed by atoms with van der Waals surface area (Å²) in [5.74, 6) is 2.92. The van der Waals surface area contributed by atoms with E-state index in [1.165, 1.54) is 25.7 Å². The van der Waals surface area contributed by atoms with Gasteiger partial charge in [-0.1, -0.05) is 32.4 Å². The molecule has 0 unspecified atom stereocenters. The fourth-order valence-electron chi connectivity index (χ4n) is 5.39. The molecule has 0 saturated heterocycles. The minimum atomic E-state index is 0.593. The Hall–Kier alpha value is -0.260. The molecule has 0 bridgehead atoms. The lowest BCUT2D eigenvalue weighted by molar-refractivity contribution is 0.169. The van der Waals surface area contributed by atoms with E-state index in [1.54, 1.807) is 5.57 Å². The van der Waals surface area contributed by atoms with Crippen molar-refractivity contribution < 1.29 is 0 Å². The summed E-state index contributed by atoms with van der Waals surface area (Å²) in [5, 5.41) is 0. The van der Waals surface area contributed by atoms with Crippen LogP contribution >= 0.6 is 0 Å². The van der Waals surface area contributed by atoms with E-state index in [0.717, 1.165) is 17.8 Å². The van der Waals surface area contributed by atoms with Crippen LogP contribution in [0.3, 0.4) is 0 Å². The molecule has 0 nitrogen and oxygen atoms in total. The van der Waals surface area contributed by atoms with Crippen molar-refractivity contribution in [3.05, 3.63) is 11.6 Å². The van der Waals surface area contributed by atoms with Gasteiger partial charge >= 0.3 is 0 Å². The Balaban J connectivity index is 2.06. The molecule has 15 heavy (non-hydrogen) atoms. The normalized spacial score (nSPS) is 51.5. The summed E-state index contributed by atoms with van der Waals surface area (Å²) in [6, 6.07) is 0. The highest BCUT2D eigenvalue weighted by Crippen LogP contribution is 2.68. The van der Waals surface area contributed by atoms with Gasteiger partial charge in [-0.3, -0.25) is 0 Å². The predicted octanol–water partition coefficient (Wildman–Crippen LogP) is 4.42. The molecule has 2 saturated carbocycles. The fourth-order valence-corrected chi connectivity index (χ4v) is 5.39. The maximum Gasteiger partial charge on any atom is -0.0169 e. The number of allylic oxidation sites excluding steroid dienone is 2. The number of rotatable bonds is 0. The summed E-state index contributed by atoms with van der Waals surface area (Å²) >= 11 is 0. The number of hydrogen-bond donors (Lipinski definition) is 0. The zero-order valence-electron chi connectivity index (χ0n) is 10.6. The molecule has 0 radical (unpaired) electrons. The highest BCUT2D eigenvalue weighted by atomic mass is 14.6. The van der Waals surface area contributed by atoms with E-state index in [2.05, 4.69) is 33.8 Å². The van der Waals surface area contributed by atoms with Gasteiger partial charge in [0.15, 0.2) is 0 Å². The van der Waals surface area contributed by atoms with E-state index in [-0.39, 0.29) is 0 Å². The molecule has 84 valence electrons. The van der Waals surface area contributed by atoms with Gasteiger partial charge in [-0.05, 0) is 61.2 Å². The van der Waals surface area contributed by atoms with Crippen LogP contribution in [0.15, 0.2) is 11.6 Å². The van der Waals surface area contributed by atoms with Crippen molar-refractivity contribution in [1.29, 1.82) is 0 Å². The summed E-state index contributed by atoms with van der Waals surface area (Å²) in [5.41, 5.74) is 2.97. The molecule has 0 amide bonds. The van der Waals surface area contributed by atoms with Gasteiger partial charge in [0, 0.05) is 0 Å². The van der Waals surface area contributed by atoms with Crippen molar-refractivity contribution in [1.82, 2.24) is 0 Å². The van der Waals surface area contributed by atoms with Crippen molar-refractivity contribution >= 4 is 0 Å². The van der Waals surface area contributed by atoms with Crippen LogP contribution in [0.5, 0.6) is 0 Å². The van der Waals surface area contributed by atoms with Crippen molar-refractivity contribution in [2.24, 2.45) is 28.6 Å². The third kappa shape index (κ3) is 1.14. The standard InChI is InChI=1S/C15H24/c1-10-5-6-12-13-11(10)7-8-15(13,4)9-14(12,2)3/h5,11-13H,6-9H2,1-4H3/t11-,12-,13-,15+/m1/s1. The van der Waals surface area contributed by atoms with E-state index < -0.39 is 0 Å². The van der Waals surface area contributed by atoms with E-state index >= 15 is 0 Å². The average molecular weight is 204 g/mol. The average Bonchev–Trinajstić information content (AvgIpc) is 2.53. The maximum absolute atomic E-state index is 2.57. The highest BCUT2D eigenvalue weighted by molar-refractivity contribution is 5.21. The summed E-state index contributed by atoms with van der Waals surface area (Å²) in [4.78, 5) is 0. The van der Waals surface area contributed by atoms with Crippen LogP contribution in [0, 0.1) is 28.6 Å². The first-order chi connectivity index (χ1) is 6.94. The maximum atomic E-state index is 2.57. The van der Waals surface area contributed by atoms with Crippen LogP contribution < -0.4 is 0 Å². The Kier molecular flexibility index (Phi) is 1.79. The van der Waals surface area contributed by atoms with Gasteiger partial charge in [0.05, 0.1) is 0 Å². The molecule has 3 rings (SSSR count). The monoisotopic (exact) mass is 204 g/mol. The van der Waals surface area contributed by atoms with Gasteiger partial charge < -0.3 is 0 Å². The largest absolute Gasteiger partial charge is 0.0850 e. The summed E-state index contributed by atoms with van der Waals surface area (Å²) in [6.45, 7) is 9.95. The molecule has 0 aromatic heterocycles. The first-order valence-electron chi connectivity index (χ1n) is 6.61. The van der Waals surface area contributed by atoms with E-state index in [9.17, 15) is 0 Å². The molecule has 0 heterocycles. The fraction of sp³-hybridized carbons (Fsp3) is 0.867. The van der Waals surface area contributed by atoms with Crippen LogP contribution in [-0.2, 0) is 0 Å². The molecule has 0 aromatic carbocycles. The van der Waals surface area contributed by atoms with Crippen LogP contribution in [0.4, 0.5) is 0 Å². The lowest BCUT2D eigenvalue weighted by Crippen LogP contribution is -2.30. The van der Waals surface area contributed by atoms with Crippen molar-refractivity contribution in [2.75, 3.05) is 0 Å². The molecular formula is C15H24. The van der Waals surface area contributed by atoms with Crippen LogP contribution in [0.2, 0.25) is 0 Å². The third-order valence-electron chi connectivity index (χ3n) is 5.84. The molecule has 3 aliphatic rings. The zero-order valence-corrected chi connectivity index (χ0v) is 10.6. The SMILES string of the molecule is CC1=CC[C@@H]2[C@H]3[C@@H]1CC[C@@]3(C)CC2(C)C. The minimum Gasteiger partial charge on any atom is -0.0850 e. The van der Waals surface area contributed by atoms with Gasteiger partial charge in [-0.15, -0.1) is 0 Å². The van der Waals surface area contributed by atoms with E-state index in [4.69, 9.17) is 0 Å². The quantitative estimate of drug-likeness (QED) is 0.513. The first-order valence-corrected chi connectivity index (χ1v) is 6.61. The molecular weight excluding hydrogens is 180 g/mol. The van der Waals surface area contributed by atoms with Gasteiger partial charge in [0.2, 0.25) is 0 Å². The number of hydrogen-bond acceptors (Lipinski definition) is 0. The van der Waals surface area contributed by atoms with Gasteiger partial charge in [0.1, 0.15) is 0 Å². The third-order valence-corrected chi connectivity index (χ3v) is 5.84. The Bertz CT molecular complexity index is 323. The highest BCUT2D eigenvalue weighted by Gasteiger charge is 2.60. The molecule has 3 aliphatic carbocycles. The molecule has 0 aromatic rings. The van der Waals surface area contributed by atoms with Gasteiger partial charge in [-0.2, -0.15) is 0 Å². The summed E-state index contributed by atoms with van der Waals surface area (Å²) in [6.07, 6.45) is 8.32. The molecule has 0 N–H and O–H groups in total. The second-order valence-corrected chi connectivity index (χ2v) is 7.28. The lowest BCUT2D eigenvalue weighted by Gasteiger charge is -2.37. The molecule has 2 fully saturated rings. The molecule has 0 spiro atoms.